The summed E-state index contributed by atoms with van der Waals surface area (Å²) in [6, 6.07) is 4.64. The Hall–Kier alpha value is -0.980. The molecule has 1 unspecified atom stereocenters. The SMILES string of the molecule is Cc1ccc(CS(=O)(=O)N2CCCC3(CCCCO3)C2)cc1F. The van der Waals surface area contributed by atoms with Crippen LogP contribution in [-0.4, -0.2) is 38.0 Å². The molecule has 1 aromatic rings. The molecule has 2 aliphatic heterocycles. The molecule has 6 heteroatoms. The number of halogens is 1. The summed E-state index contributed by atoms with van der Waals surface area (Å²) in [5, 5.41) is 0. The van der Waals surface area contributed by atoms with E-state index >= 15 is 0 Å². The fraction of sp³-hybridized carbons (Fsp3) is 0.647. The Morgan fingerprint density at radius 2 is 2.04 bits per heavy atom. The highest BCUT2D eigenvalue weighted by Gasteiger charge is 2.41. The van der Waals surface area contributed by atoms with Crippen molar-refractivity contribution in [3.63, 3.8) is 0 Å². The van der Waals surface area contributed by atoms with Crippen LogP contribution in [0.15, 0.2) is 18.2 Å². The van der Waals surface area contributed by atoms with E-state index in [-0.39, 0.29) is 17.2 Å². The largest absolute Gasteiger partial charge is 0.374 e. The van der Waals surface area contributed by atoms with E-state index in [0.29, 0.717) is 24.2 Å². The van der Waals surface area contributed by atoms with Gasteiger partial charge in [0.15, 0.2) is 0 Å². The molecular formula is C17H24FNO3S. The molecule has 1 aromatic carbocycles. The first-order valence-corrected chi connectivity index (χ1v) is 9.88. The van der Waals surface area contributed by atoms with E-state index in [1.165, 1.54) is 6.07 Å². The number of piperidine rings is 1. The van der Waals surface area contributed by atoms with Crippen molar-refractivity contribution in [1.82, 2.24) is 4.31 Å². The molecule has 23 heavy (non-hydrogen) atoms. The van der Waals surface area contributed by atoms with Gasteiger partial charge in [0.1, 0.15) is 5.82 Å². The van der Waals surface area contributed by atoms with Crippen molar-refractivity contribution < 1.29 is 17.5 Å². The lowest BCUT2D eigenvalue weighted by Gasteiger charge is -2.44. The highest BCUT2D eigenvalue weighted by atomic mass is 32.2. The minimum absolute atomic E-state index is 0.153. The van der Waals surface area contributed by atoms with Gasteiger partial charge in [0.2, 0.25) is 10.0 Å². The molecule has 2 aliphatic rings. The van der Waals surface area contributed by atoms with Gasteiger partial charge in [0.05, 0.1) is 11.4 Å². The van der Waals surface area contributed by atoms with Gasteiger partial charge in [-0.05, 0) is 56.2 Å². The molecule has 3 rings (SSSR count). The van der Waals surface area contributed by atoms with Crippen LogP contribution in [0.5, 0.6) is 0 Å². The highest BCUT2D eigenvalue weighted by Crippen LogP contribution is 2.35. The standard InChI is InChI=1S/C17H24FNO3S/c1-14-5-6-15(11-16(14)18)12-23(20,21)19-9-4-8-17(13-19)7-2-3-10-22-17/h5-6,11H,2-4,7-10,12-13H2,1H3. The van der Waals surface area contributed by atoms with Crippen LogP contribution in [0, 0.1) is 12.7 Å². The van der Waals surface area contributed by atoms with Crippen LogP contribution in [0.4, 0.5) is 4.39 Å². The number of hydrogen-bond acceptors (Lipinski definition) is 3. The molecule has 0 aromatic heterocycles. The molecule has 1 spiro atoms. The lowest BCUT2D eigenvalue weighted by molar-refractivity contribution is -0.104. The molecule has 128 valence electrons. The second-order valence-electron chi connectivity index (χ2n) is 6.77. The van der Waals surface area contributed by atoms with E-state index in [9.17, 15) is 12.8 Å². The van der Waals surface area contributed by atoms with E-state index in [0.717, 1.165) is 38.7 Å². The molecule has 0 bridgehead atoms. The summed E-state index contributed by atoms with van der Waals surface area (Å²) in [4.78, 5) is 0. The van der Waals surface area contributed by atoms with Crippen LogP contribution >= 0.6 is 0 Å². The third-order valence-corrected chi connectivity index (χ3v) is 6.71. The van der Waals surface area contributed by atoms with E-state index in [1.54, 1.807) is 23.4 Å². The zero-order valence-corrected chi connectivity index (χ0v) is 14.4. The molecule has 0 N–H and O–H groups in total. The molecule has 0 aliphatic carbocycles. The predicted molar refractivity (Wildman–Crippen MR) is 87.1 cm³/mol. The van der Waals surface area contributed by atoms with Crippen LogP contribution in [0.2, 0.25) is 0 Å². The Labute approximate surface area is 137 Å². The van der Waals surface area contributed by atoms with Gasteiger partial charge in [0.25, 0.3) is 0 Å². The summed E-state index contributed by atoms with van der Waals surface area (Å²) in [6.07, 6.45) is 4.83. The third-order valence-electron chi connectivity index (χ3n) is 4.92. The molecule has 4 nitrogen and oxygen atoms in total. The zero-order chi connectivity index (χ0) is 16.5. The normalized spacial score (nSPS) is 26.5. The van der Waals surface area contributed by atoms with Crippen LogP contribution < -0.4 is 0 Å². The Bertz CT molecular complexity index is 663. The van der Waals surface area contributed by atoms with Gasteiger partial charge in [0, 0.05) is 19.7 Å². The highest BCUT2D eigenvalue weighted by molar-refractivity contribution is 7.88. The van der Waals surface area contributed by atoms with Gasteiger partial charge in [-0.2, -0.15) is 4.31 Å². The molecule has 2 fully saturated rings. The molecule has 0 saturated carbocycles. The van der Waals surface area contributed by atoms with Crippen molar-refractivity contribution in [3.05, 3.63) is 35.1 Å². The number of aryl methyl sites for hydroxylation is 1. The Balaban J connectivity index is 1.74. The minimum atomic E-state index is -3.45. The summed E-state index contributed by atoms with van der Waals surface area (Å²) in [6.45, 7) is 3.35. The fourth-order valence-corrected chi connectivity index (χ4v) is 5.18. The first-order chi connectivity index (χ1) is 10.9. The predicted octanol–water partition coefficient (Wildman–Crippen LogP) is 3.00. The third kappa shape index (κ3) is 3.75. The number of benzene rings is 1. The second kappa shape index (κ2) is 6.49. The van der Waals surface area contributed by atoms with Crippen LogP contribution in [-0.2, 0) is 20.5 Å². The van der Waals surface area contributed by atoms with Crippen molar-refractivity contribution in [2.75, 3.05) is 19.7 Å². The van der Waals surface area contributed by atoms with E-state index in [4.69, 9.17) is 4.74 Å². The maximum Gasteiger partial charge on any atom is 0.218 e. The van der Waals surface area contributed by atoms with Crippen LogP contribution in [0.3, 0.4) is 0 Å². The van der Waals surface area contributed by atoms with Crippen molar-refractivity contribution >= 4 is 10.0 Å². The quantitative estimate of drug-likeness (QED) is 0.849. The van der Waals surface area contributed by atoms with Crippen LogP contribution in [0.1, 0.15) is 43.2 Å². The van der Waals surface area contributed by atoms with Gasteiger partial charge >= 0.3 is 0 Å². The molecule has 0 amide bonds. The van der Waals surface area contributed by atoms with Gasteiger partial charge < -0.3 is 4.74 Å². The Kier molecular flexibility index (Phi) is 4.76. The van der Waals surface area contributed by atoms with Gasteiger partial charge in [-0.15, -0.1) is 0 Å². The van der Waals surface area contributed by atoms with Gasteiger partial charge in [-0.1, -0.05) is 12.1 Å². The summed E-state index contributed by atoms with van der Waals surface area (Å²) in [7, 11) is -3.45. The Morgan fingerprint density at radius 1 is 1.26 bits per heavy atom. The number of hydrogen-bond donors (Lipinski definition) is 0. The van der Waals surface area contributed by atoms with Crippen molar-refractivity contribution in [3.8, 4) is 0 Å². The lowest BCUT2D eigenvalue weighted by Crippen LogP contribution is -2.53. The number of ether oxygens (including phenoxy) is 1. The first-order valence-electron chi connectivity index (χ1n) is 8.27. The van der Waals surface area contributed by atoms with Gasteiger partial charge in [-0.25, -0.2) is 12.8 Å². The smallest absolute Gasteiger partial charge is 0.218 e. The lowest BCUT2D eigenvalue weighted by atomic mass is 9.87. The van der Waals surface area contributed by atoms with Crippen molar-refractivity contribution in [2.24, 2.45) is 0 Å². The van der Waals surface area contributed by atoms with Crippen molar-refractivity contribution in [2.45, 2.75) is 50.4 Å². The number of rotatable bonds is 3. The summed E-state index contributed by atoms with van der Waals surface area (Å²) in [5.74, 6) is -0.510. The summed E-state index contributed by atoms with van der Waals surface area (Å²) >= 11 is 0. The molecule has 1 atom stereocenters. The number of nitrogens with zero attached hydrogens (tertiary/aromatic N) is 1. The maximum absolute atomic E-state index is 13.7. The van der Waals surface area contributed by atoms with Gasteiger partial charge in [-0.3, -0.25) is 0 Å². The minimum Gasteiger partial charge on any atom is -0.374 e. The van der Waals surface area contributed by atoms with Crippen molar-refractivity contribution in [1.29, 1.82) is 0 Å². The monoisotopic (exact) mass is 341 g/mol. The average Bonchev–Trinajstić information content (AvgIpc) is 2.51. The van der Waals surface area contributed by atoms with Crippen LogP contribution in [0.25, 0.3) is 0 Å². The number of sulfonamides is 1. The summed E-state index contributed by atoms with van der Waals surface area (Å²) < 4.78 is 46.6. The summed E-state index contributed by atoms with van der Waals surface area (Å²) in [5.41, 5.74) is 0.721. The second-order valence-corrected chi connectivity index (χ2v) is 8.73. The maximum atomic E-state index is 13.7. The van der Waals surface area contributed by atoms with E-state index < -0.39 is 10.0 Å². The molecule has 2 heterocycles. The topological polar surface area (TPSA) is 46.6 Å². The fourth-order valence-electron chi connectivity index (χ4n) is 3.55. The Morgan fingerprint density at radius 3 is 2.74 bits per heavy atom. The zero-order valence-electron chi connectivity index (χ0n) is 13.6. The average molecular weight is 341 g/mol. The molecule has 0 radical (unpaired) electrons. The molecule has 2 saturated heterocycles. The first kappa shape index (κ1) is 16.9. The van der Waals surface area contributed by atoms with E-state index in [1.807, 2.05) is 0 Å². The molecular weight excluding hydrogens is 317 g/mol. The van der Waals surface area contributed by atoms with E-state index in [2.05, 4.69) is 0 Å².